The van der Waals surface area contributed by atoms with Crippen LogP contribution in [0, 0.1) is 5.82 Å². The summed E-state index contributed by atoms with van der Waals surface area (Å²) in [6.45, 7) is 3.28. The van der Waals surface area contributed by atoms with Crippen molar-refractivity contribution in [2.75, 3.05) is 18.0 Å². The van der Waals surface area contributed by atoms with E-state index in [0.717, 1.165) is 31.6 Å². The number of aryl methyl sites for hydroxylation is 1. The summed E-state index contributed by atoms with van der Waals surface area (Å²) in [5.74, 6) is 2.22. The zero-order valence-corrected chi connectivity index (χ0v) is 12.5. The molecule has 1 saturated heterocycles. The molecule has 2 aliphatic rings. The van der Waals surface area contributed by atoms with Crippen molar-refractivity contribution in [2.45, 2.75) is 44.4 Å². The number of hydrogen-bond acceptors (Lipinski definition) is 6. The van der Waals surface area contributed by atoms with E-state index in [2.05, 4.69) is 20.1 Å². The predicted octanol–water partition coefficient (Wildman–Crippen LogP) is 2.43. The third-order valence-electron chi connectivity index (χ3n) is 4.42. The van der Waals surface area contributed by atoms with E-state index in [-0.39, 0.29) is 11.7 Å². The van der Waals surface area contributed by atoms with Gasteiger partial charge in [-0.2, -0.15) is 4.98 Å². The van der Waals surface area contributed by atoms with Gasteiger partial charge in [0.25, 0.3) is 0 Å². The van der Waals surface area contributed by atoms with Crippen LogP contribution in [0.25, 0.3) is 0 Å². The first-order chi connectivity index (χ1) is 10.8. The van der Waals surface area contributed by atoms with Gasteiger partial charge in [-0.3, -0.25) is 0 Å². The number of anilines is 1. The molecule has 1 atom stereocenters. The second-order valence-corrected chi connectivity index (χ2v) is 6.01. The van der Waals surface area contributed by atoms with Crippen molar-refractivity contribution in [3.63, 3.8) is 0 Å². The van der Waals surface area contributed by atoms with Crippen LogP contribution in [0.15, 0.2) is 10.9 Å². The van der Waals surface area contributed by atoms with Gasteiger partial charge in [-0.25, -0.2) is 14.4 Å². The summed E-state index contributed by atoms with van der Waals surface area (Å²) in [4.78, 5) is 14.5. The Bertz CT molecular complexity index is 684. The maximum Gasteiger partial charge on any atom is 0.231 e. The Morgan fingerprint density at radius 3 is 2.91 bits per heavy atom. The van der Waals surface area contributed by atoms with E-state index in [4.69, 9.17) is 4.52 Å². The molecular weight excluding hydrogens is 285 g/mol. The van der Waals surface area contributed by atoms with Gasteiger partial charge in [0.15, 0.2) is 17.5 Å². The van der Waals surface area contributed by atoms with E-state index >= 15 is 0 Å². The predicted molar refractivity (Wildman–Crippen MR) is 77.2 cm³/mol. The molecule has 6 nitrogen and oxygen atoms in total. The van der Waals surface area contributed by atoms with Crippen molar-refractivity contribution in [2.24, 2.45) is 0 Å². The molecule has 0 amide bonds. The highest BCUT2D eigenvalue weighted by Gasteiger charge is 2.34. The van der Waals surface area contributed by atoms with Crippen molar-refractivity contribution >= 4 is 5.82 Å². The highest BCUT2D eigenvalue weighted by Crippen LogP contribution is 2.39. The van der Waals surface area contributed by atoms with Crippen LogP contribution in [-0.4, -0.2) is 33.2 Å². The molecule has 4 rings (SSSR count). The summed E-state index contributed by atoms with van der Waals surface area (Å²) in [6.07, 6.45) is 5.18. The van der Waals surface area contributed by atoms with Crippen molar-refractivity contribution in [3.8, 4) is 0 Å². The Balaban J connectivity index is 1.52. The molecule has 22 heavy (non-hydrogen) atoms. The van der Waals surface area contributed by atoms with Crippen LogP contribution in [0.4, 0.5) is 10.2 Å². The van der Waals surface area contributed by atoms with Gasteiger partial charge in [0.1, 0.15) is 6.33 Å². The molecule has 1 aliphatic carbocycles. The lowest BCUT2D eigenvalue weighted by molar-refractivity contribution is 0.355. The summed E-state index contributed by atoms with van der Waals surface area (Å²) in [5.41, 5.74) is 0.460. The number of aromatic nitrogens is 4. The molecule has 0 radical (unpaired) electrons. The van der Waals surface area contributed by atoms with Crippen LogP contribution >= 0.6 is 0 Å². The molecule has 7 heteroatoms. The maximum absolute atomic E-state index is 14.4. The van der Waals surface area contributed by atoms with E-state index in [0.29, 0.717) is 36.3 Å². The first-order valence-corrected chi connectivity index (χ1v) is 7.84. The van der Waals surface area contributed by atoms with Gasteiger partial charge in [-0.1, -0.05) is 12.1 Å². The van der Waals surface area contributed by atoms with Crippen molar-refractivity contribution in [3.05, 3.63) is 29.6 Å². The molecule has 2 aromatic heterocycles. The molecule has 0 aromatic carbocycles. The summed E-state index contributed by atoms with van der Waals surface area (Å²) >= 11 is 0. The Morgan fingerprint density at radius 1 is 1.27 bits per heavy atom. The highest BCUT2D eigenvalue weighted by atomic mass is 19.1. The SMILES string of the molecule is CCc1ncnc(N2CC[C@@H](c3nc(C4CC4)no3)C2)c1F. The summed E-state index contributed by atoms with van der Waals surface area (Å²) in [6, 6.07) is 0. The quantitative estimate of drug-likeness (QED) is 0.864. The minimum absolute atomic E-state index is 0.152. The van der Waals surface area contributed by atoms with Gasteiger partial charge in [-0.05, 0) is 25.7 Å². The molecule has 0 spiro atoms. The van der Waals surface area contributed by atoms with E-state index in [9.17, 15) is 4.39 Å². The number of rotatable bonds is 4. The monoisotopic (exact) mass is 303 g/mol. The first kappa shape index (κ1) is 13.6. The molecule has 0 unspecified atom stereocenters. The van der Waals surface area contributed by atoms with Crippen LogP contribution in [0.1, 0.15) is 55.4 Å². The van der Waals surface area contributed by atoms with E-state index in [1.54, 1.807) is 0 Å². The van der Waals surface area contributed by atoms with Gasteiger partial charge in [-0.15, -0.1) is 0 Å². The summed E-state index contributed by atoms with van der Waals surface area (Å²) in [7, 11) is 0. The number of nitrogens with zero attached hydrogens (tertiary/aromatic N) is 5. The molecule has 116 valence electrons. The smallest absolute Gasteiger partial charge is 0.231 e. The molecule has 2 fully saturated rings. The molecule has 1 saturated carbocycles. The Hall–Kier alpha value is -2.05. The van der Waals surface area contributed by atoms with Crippen molar-refractivity contribution < 1.29 is 8.91 Å². The van der Waals surface area contributed by atoms with E-state index in [1.807, 2.05) is 11.8 Å². The molecular formula is C15H18FN5O. The third-order valence-corrected chi connectivity index (χ3v) is 4.42. The average Bonchev–Trinajstić information content (AvgIpc) is 3.08. The fourth-order valence-electron chi connectivity index (χ4n) is 2.94. The minimum atomic E-state index is -0.310. The third kappa shape index (κ3) is 2.34. The highest BCUT2D eigenvalue weighted by molar-refractivity contribution is 5.43. The normalized spacial score (nSPS) is 21.5. The van der Waals surface area contributed by atoms with Gasteiger partial charge in [0.2, 0.25) is 5.89 Å². The standard InChI is InChI=1S/C15H18FN5O/c1-2-11-12(16)14(18-8-17-11)21-6-5-10(7-21)15-19-13(20-22-15)9-3-4-9/h8-10H,2-7H2,1H3/t10-/m1/s1. The number of hydrogen-bond donors (Lipinski definition) is 0. The molecule has 2 aromatic rings. The van der Waals surface area contributed by atoms with E-state index in [1.165, 1.54) is 6.33 Å². The van der Waals surface area contributed by atoms with Crippen molar-refractivity contribution in [1.29, 1.82) is 0 Å². The largest absolute Gasteiger partial charge is 0.353 e. The molecule has 3 heterocycles. The zero-order valence-electron chi connectivity index (χ0n) is 12.5. The zero-order chi connectivity index (χ0) is 15.1. The van der Waals surface area contributed by atoms with Gasteiger partial charge >= 0.3 is 0 Å². The second kappa shape index (κ2) is 5.30. The fourth-order valence-corrected chi connectivity index (χ4v) is 2.94. The lowest BCUT2D eigenvalue weighted by Crippen LogP contribution is -2.22. The fraction of sp³-hybridized carbons (Fsp3) is 0.600. The Labute approximate surface area is 127 Å². The molecule has 1 aliphatic heterocycles. The van der Waals surface area contributed by atoms with E-state index < -0.39 is 0 Å². The van der Waals surface area contributed by atoms with Gasteiger partial charge in [0.05, 0.1) is 11.6 Å². The Kier molecular flexibility index (Phi) is 3.28. The van der Waals surface area contributed by atoms with Crippen LogP contribution in [0.5, 0.6) is 0 Å². The lowest BCUT2D eigenvalue weighted by atomic mass is 10.1. The topological polar surface area (TPSA) is 67.9 Å². The van der Waals surface area contributed by atoms with Crippen molar-refractivity contribution in [1.82, 2.24) is 20.1 Å². The molecule has 0 bridgehead atoms. The second-order valence-electron chi connectivity index (χ2n) is 6.01. The molecule has 0 N–H and O–H groups in total. The van der Waals surface area contributed by atoms with Gasteiger partial charge in [0, 0.05) is 19.0 Å². The summed E-state index contributed by atoms with van der Waals surface area (Å²) in [5, 5.41) is 4.06. The van der Waals surface area contributed by atoms with Crippen LogP contribution in [0.3, 0.4) is 0 Å². The Morgan fingerprint density at radius 2 is 2.14 bits per heavy atom. The summed E-state index contributed by atoms with van der Waals surface area (Å²) < 4.78 is 19.7. The van der Waals surface area contributed by atoms with Crippen LogP contribution in [-0.2, 0) is 6.42 Å². The average molecular weight is 303 g/mol. The van der Waals surface area contributed by atoms with Crippen LogP contribution in [0.2, 0.25) is 0 Å². The van der Waals surface area contributed by atoms with Gasteiger partial charge < -0.3 is 9.42 Å². The minimum Gasteiger partial charge on any atom is -0.353 e. The van der Waals surface area contributed by atoms with Crippen LogP contribution < -0.4 is 4.90 Å². The number of halogens is 1. The maximum atomic E-state index is 14.4. The lowest BCUT2D eigenvalue weighted by Gasteiger charge is -2.18. The first-order valence-electron chi connectivity index (χ1n) is 7.84.